The minimum absolute atomic E-state index is 0.306. The highest BCUT2D eigenvalue weighted by Crippen LogP contribution is 2.39. The number of anilines is 1. The lowest BCUT2D eigenvalue weighted by Crippen LogP contribution is -2.62. The van der Waals surface area contributed by atoms with Crippen molar-refractivity contribution in [1.82, 2.24) is 30.1 Å². The fourth-order valence-electron chi connectivity index (χ4n) is 5.01. The van der Waals surface area contributed by atoms with Gasteiger partial charge in [0.05, 0.1) is 23.1 Å². The van der Waals surface area contributed by atoms with Crippen LogP contribution < -0.4 is 10.2 Å². The van der Waals surface area contributed by atoms with Crippen molar-refractivity contribution in [2.45, 2.75) is 26.7 Å². The van der Waals surface area contributed by atoms with Crippen LogP contribution in [-0.4, -0.2) is 51.0 Å². The molecule has 8 heteroatoms. The van der Waals surface area contributed by atoms with Crippen LogP contribution in [0.2, 0.25) is 0 Å². The Morgan fingerprint density at radius 1 is 1.10 bits per heavy atom. The molecule has 0 bridgehead atoms. The number of hydrogen-bond donors (Lipinski definition) is 1. The van der Waals surface area contributed by atoms with E-state index in [9.17, 15) is 0 Å². The van der Waals surface area contributed by atoms with Gasteiger partial charge in [-0.25, -0.2) is 13.9 Å². The molecule has 2 aliphatic heterocycles. The van der Waals surface area contributed by atoms with Gasteiger partial charge in [-0.1, -0.05) is 0 Å². The molecule has 31 heavy (non-hydrogen) atoms. The third-order valence-electron chi connectivity index (χ3n) is 6.60. The molecule has 3 aromatic heterocycles. The van der Waals surface area contributed by atoms with Crippen molar-refractivity contribution >= 4 is 22.4 Å². The highest BCUT2D eigenvalue weighted by Gasteiger charge is 2.44. The first-order valence-corrected chi connectivity index (χ1v) is 10.8. The van der Waals surface area contributed by atoms with E-state index in [0.717, 1.165) is 48.9 Å². The summed E-state index contributed by atoms with van der Waals surface area (Å²) in [7, 11) is 0. The molecule has 0 atom stereocenters. The van der Waals surface area contributed by atoms with Gasteiger partial charge in [-0.3, -0.25) is 0 Å². The Labute approximate surface area is 179 Å². The number of fused-ring (bicyclic) bond motifs is 2. The van der Waals surface area contributed by atoms with Crippen LogP contribution >= 0.6 is 0 Å². The molecule has 0 unspecified atom stereocenters. The first-order valence-electron chi connectivity index (χ1n) is 10.8. The smallest absolute Gasteiger partial charge is 0.156 e. The average Bonchev–Trinajstić information content (AvgIpc) is 3.13. The Bertz CT molecular complexity index is 1310. The molecule has 158 valence electrons. The van der Waals surface area contributed by atoms with Gasteiger partial charge in [0.25, 0.3) is 0 Å². The van der Waals surface area contributed by atoms with Gasteiger partial charge in [-0.15, -0.1) is 10.2 Å². The standard InChI is InChI=1S/C23H24FN7/c1-14-6-19(29-31-10-15(2)26-22(14)31)16-7-18(24)17-9-21(28-27-20(17)8-16)30-12-23(13-30)4-3-5-25-11-23/h6-10,25H,3-5,11-13H2,1-2H3. The lowest BCUT2D eigenvalue weighted by Gasteiger charge is -2.52. The van der Waals surface area contributed by atoms with Gasteiger partial charge in [0, 0.05) is 36.0 Å². The fraction of sp³-hybridized carbons (Fsp3) is 0.391. The topological polar surface area (TPSA) is 71.2 Å². The molecule has 0 saturated carbocycles. The molecule has 0 amide bonds. The largest absolute Gasteiger partial charge is 0.354 e. The molecule has 1 N–H and O–H groups in total. The second kappa shape index (κ2) is 6.68. The van der Waals surface area contributed by atoms with Crippen LogP contribution in [0.3, 0.4) is 0 Å². The quantitative estimate of drug-likeness (QED) is 0.540. The summed E-state index contributed by atoms with van der Waals surface area (Å²) in [5.41, 5.74) is 4.94. The lowest BCUT2D eigenvalue weighted by molar-refractivity contribution is 0.155. The highest BCUT2D eigenvalue weighted by atomic mass is 19.1. The van der Waals surface area contributed by atoms with E-state index in [1.807, 2.05) is 38.2 Å². The molecular weight excluding hydrogens is 393 g/mol. The summed E-state index contributed by atoms with van der Waals surface area (Å²) in [6, 6.07) is 7.15. The van der Waals surface area contributed by atoms with Gasteiger partial charge in [0.1, 0.15) is 5.82 Å². The molecule has 5 heterocycles. The zero-order chi connectivity index (χ0) is 21.2. The molecule has 2 fully saturated rings. The van der Waals surface area contributed by atoms with Crippen LogP contribution in [-0.2, 0) is 0 Å². The van der Waals surface area contributed by atoms with Crippen molar-refractivity contribution < 1.29 is 4.39 Å². The molecule has 1 spiro atoms. The predicted octanol–water partition coefficient (Wildman–Crippen LogP) is 3.29. The maximum absolute atomic E-state index is 15.1. The second-order valence-corrected chi connectivity index (χ2v) is 9.09. The number of benzene rings is 1. The third kappa shape index (κ3) is 3.05. The zero-order valence-corrected chi connectivity index (χ0v) is 17.7. The minimum Gasteiger partial charge on any atom is -0.354 e. The van der Waals surface area contributed by atoms with E-state index >= 15 is 4.39 Å². The summed E-state index contributed by atoms with van der Waals surface area (Å²) >= 11 is 0. The van der Waals surface area contributed by atoms with Crippen molar-refractivity contribution in [1.29, 1.82) is 0 Å². The summed E-state index contributed by atoms with van der Waals surface area (Å²) in [5.74, 6) is 0.444. The summed E-state index contributed by atoms with van der Waals surface area (Å²) in [5, 5.41) is 17.4. The Balaban J connectivity index is 1.34. The molecule has 1 aromatic carbocycles. The third-order valence-corrected chi connectivity index (χ3v) is 6.60. The van der Waals surface area contributed by atoms with Crippen molar-refractivity contribution in [2.75, 3.05) is 31.1 Å². The van der Waals surface area contributed by atoms with Crippen LogP contribution in [0.1, 0.15) is 24.1 Å². The SMILES string of the molecule is Cc1cn2nc(-c3cc(F)c4cc(N5CC6(CCCNC6)C5)nnc4c3)cc(C)c2n1. The molecule has 6 rings (SSSR count). The summed E-state index contributed by atoms with van der Waals surface area (Å²) in [6.07, 6.45) is 4.33. The van der Waals surface area contributed by atoms with Crippen molar-refractivity contribution in [2.24, 2.45) is 5.41 Å². The first kappa shape index (κ1) is 18.6. The van der Waals surface area contributed by atoms with E-state index in [2.05, 4.69) is 30.5 Å². The Kier molecular flexibility index (Phi) is 4.02. The van der Waals surface area contributed by atoms with Gasteiger partial charge in [0.2, 0.25) is 0 Å². The summed E-state index contributed by atoms with van der Waals surface area (Å²) < 4.78 is 16.9. The predicted molar refractivity (Wildman–Crippen MR) is 118 cm³/mol. The van der Waals surface area contributed by atoms with E-state index in [4.69, 9.17) is 0 Å². The monoisotopic (exact) mass is 417 g/mol. The number of nitrogens with one attached hydrogen (secondary N) is 1. The maximum Gasteiger partial charge on any atom is 0.156 e. The molecule has 0 radical (unpaired) electrons. The van der Waals surface area contributed by atoms with Crippen molar-refractivity contribution in [3.05, 3.63) is 47.5 Å². The Morgan fingerprint density at radius 3 is 2.77 bits per heavy atom. The summed E-state index contributed by atoms with van der Waals surface area (Å²) in [6.45, 7) is 7.97. The van der Waals surface area contributed by atoms with E-state index < -0.39 is 0 Å². The van der Waals surface area contributed by atoms with Gasteiger partial charge >= 0.3 is 0 Å². The normalized spacial score (nSPS) is 18.1. The van der Waals surface area contributed by atoms with Crippen molar-refractivity contribution in [3.8, 4) is 11.3 Å². The lowest BCUT2D eigenvalue weighted by atomic mass is 9.74. The van der Waals surface area contributed by atoms with E-state index in [0.29, 0.717) is 27.6 Å². The van der Waals surface area contributed by atoms with E-state index in [1.54, 1.807) is 4.52 Å². The maximum atomic E-state index is 15.1. The minimum atomic E-state index is -0.306. The van der Waals surface area contributed by atoms with Crippen molar-refractivity contribution in [3.63, 3.8) is 0 Å². The van der Waals surface area contributed by atoms with Crippen LogP contribution in [0.4, 0.5) is 10.2 Å². The molecule has 7 nitrogen and oxygen atoms in total. The second-order valence-electron chi connectivity index (χ2n) is 9.09. The molecule has 0 aliphatic carbocycles. The fourth-order valence-corrected chi connectivity index (χ4v) is 5.01. The number of piperidine rings is 1. The number of nitrogens with zero attached hydrogens (tertiary/aromatic N) is 6. The van der Waals surface area contributed by atoms with Gasteiger partial charge in [0.15, 0.2) is 11.5 Å². The number of imidazole rings is 1. The number of aromatic nitrogens is 5. The van der Waals surface area contributed by atoms with Crippen LogP contribution in [0.15, 0.2) is 30.5 Å². The average molecular weight is 417 g/mol. The van der Waals surface area contributed by atoms with E-state index in [1.165, 1.54) is 18.9 Å². The highest BCUT2D eigenvalue weighted by molar-refractivity contribution is 5.86. The van der Waals surface area contributed by atoms with Crippen LogP contribution in [0.25, 0.3) is 27.8 Å². The first-order chi connectivity index (χ1) is 15.0. The number of rotatable bonds is 2. The van der Waals surface area contributed by atoms with Gasteiger partial charge in [-0.05, 0) is 63.1 Å². The number of hydrogen-bond acceptors (Lipinski definition) is 6. The van der Waals surface area contributed by atoms with Gasteiger partial charge < -0.3 is 10.2 Å². The molecule has 2 aliphatic rings. The molecular formula is C23H24FN7. The molecule has 4 aromatic rings. The van der Waals surface area contributed by atoms with Crippen LogP contribution in [0.5, 0.6) is 0 Å². The Morgan fingerprint density at radius 2 is 1.97 bits per heavy atom. The van der Waals surface area contributed by atoms with E-state index in [-0.39, 0.29) is 5.82 Å². The van der Waals surface area contributed by atoms with Gasteiger partial charge in [-0.2, -0.15) is 5.10 Å². The molecule has 2 saturated heterocycles. The summed E-state index contributed by atoms with van der Waals surface area (Å²) in [4.78, 5) is 6.68. The number of halogens is 1. The Hall–Kier alpha value is -3.13. The van der Waals surface area contributed by atoms with Crippen LogP contribution in [0, 0.1) is 25.1 Å². The zero-order valence-electron chi connectivity index (χ0n) is 17.7. The number of aryl methyl sites for hydroxylation is 2.